The van der Waals surface area contributed by atoms with Gasteiger partial charge in [0.2, 0.25) is 0 Å². The van der Waals surface area contributed by atoms with Gasteiger partial charge < -0.3 is 15.4 Å². The van der Waals surface area contributed by atoms with E-state index in [0.717, 1.165) is 18.3 Å². The molecule has 5 heteroatoms. The molecule has 0 atom stereocenters. The number of hydrogen-bond acceptors (Lipinski definition) is 3. The van der Waals surface area contributed by atoms with Gasteiger partial charge in [0, 0.05) is 24.0 Å². The summed E-state index contributed by atoms with van der Waals surface area (Å²) in [6.07, 6.45) is 5.29. The molecule has 4 nitrogen and oxygen atoms in total. The Kier molecular flexibility index (Phi) is 6.13. The molecule has 1 aromatic heterocycles. The Hall–Kier alpha value is -2.01. The second kappa shape index (κ2) is 8.73. The molecular weight excluding hydrogens is 318 g/mol. The normalized spacial score (nSPS) is 15.5. The number of ether oxygens (including phenoxy) is 1. The van der Waals surface area contributed by atoms with Gasteiger partial charge in [0.05, 0.1) is 12.6 Å². The van der Waals surface area contributed by atoms with Crippen LogP contribution in [0.3, 0.4) is 0 Å². The number of thiophene rings is 1. The first-order valence-electron chi connectivity index (χ1n) is 8.56. The van der Waals surface area contributed by atoms with E-state index in [0.29, 0.717) is 12.6 Å². The summed E-state index contributed by atoms with van der Waals surface area (Å²) >= 11 is 1.74. The zero-order valence-corrected chi connectivity index (χ0v) is 14.9. The van der Waals surface area contributed by atoms with E-state index in [1.54, 1.807) is 18.4 Å². The first-order chi connectivity index (χ1) is 11.8. The summed E-state index contributed by atoms with van der Waals surface area (Å²) in [6, 6.07) is 12.5. The monoisotopic (exact) mass is 343 g/mol. The van der Waals surface area contributed by atoms with Crippen LogP contribution in [0.25, 0.3) is 0 Å². The highest BCUT2D eigenvalue weighted by Crippen LogP contribution is 2.26. The van der Waals surface area contributed by atoms with Gasteiger partial charge in [0.1, 0.15) is 5.75 Å². The van der Waals surface area contributed by atoms with Crippen molar-refractivity contribution in [3.05, 3.63) is 52.2 Å². The fourth-order valence-electron chi connectivity index (χ4n) is 2.93. The number of hydrogen-bond donors (Lipinski definition) is 2. The Morgan fingerprint density at radius 2 is 1.92 bits per heavy atom. The van der Waals surface area contributed by atoms with Crippen LogP contribution >= 0.6 is 11.3 Å². The van der Waals surface area contributed by atoms with Crippen LogP contribution in [0.2, 0.25) is 0 Å². The van der Waals surface area contributed by atoms with Gasteiger partial charge in [-0.15, -0.1) is 11.3 Å². The van der Waals surface area contributed by atoms with Crippen molar-refractivity contribution >= 4 is 17.3 Å². The average Bonchev–Trinajstić information content (AvgIpc) is 3.30. The van der Waals surface area contributed by atoms with Gasteiger partial charge in [0.25, 0.3) is 0 Å². The molecule has 0 aliphatic heterocycles. The molecule has 1 saturated carbocycles. The predicted molar refractivity (Wildman–Crippen MR) is 101 cm³/mol. The van der Waals surface area contributed by atoms with Gasteiger partial charge in [-0.2, -0.15) is 0 Å². The highest BCUT2D eigenvalue weighted by molar-refractivity contribution is 7.09. The molecule has 128 valence electrons. The second-order valence-corrected chi connectivity index (χ2v) is 7.02. The first kappa shape index (κ1) is 16.8. The van der Waals surface area contributed by atoms with Crippen molar-refractivity contribution < 1.29 is 4.74 Å². The molecule has 0 radical (unpaired) electrons. The first-order valence-corrected chi connectivity index (χ1v) is 9.44. The van der Waals surface area contributed by atoms with E-state index >= 15 is 0 Å². The van der Waals surface area contributed by atoms with Crippen molar-refractivity contribution in [1.82, 2.24) is 10.6 Å². The minimum Gasteiger partial charge on any atom is -0.490 e. The average molecular weight is 343 g/mol. The molecule has 1 fully saturated rings. The molecule has 3 rings (SSSR count). The summed E-state index contributed by atoms with van der Waals surface area (Å²) in [7, 11) is 1.80. The molecule has 0 amide bonds. The number of nitrogens with one attached hydrogen (secondary N) is 2. The topological polar surface area (TPSA) is 45.7 Å². The molecule has 24 heavy (non-hydrogen) atoms. The summed E-state index contributed by atoms with van der Waals surface area (Å²) in [4.78, 5) is 5.59. The Morgan fingerprint density at radius 3 is 2.67 bits per heavy atom. The standard InChI is InChI=1S/C19H25N3OS/c1-20-19(22-14-17-10-6-12-24-17)21-13-15-7-2-5-11-18(15)23-16-8-3-4-9-16/h2,5-7,10-12,16H,3-4,8-9,13-14H2,1H3,(H2,20,21,22). The third-order valence-corrected chi connectivity index (χ3v) is 5.12. The summed E-state index contributed by atoms with van der Waals surface area (Å²) in [6.45, 7) is 1.49. The van der Waals surface area contributed by atoms with Crippen LogP contribution in [-0.2, 0) is 13.1 Å². The lowest BCUT2D eigenvalue weighted by Gasteiger charge is -2.17. The number of nitrogens with zero attached hydrogens (tertiary/aromatic N) is 1. The highest BCUT2D eigenvalue weighted by Gasteiger charge is 2.17. The van der Waals surface area contributed by atoms with Crippen molar-refractivity contribution in [3.8, 4) is 5.75 Å². The maximum absolute atomic E-state index is 6.19. The fraction of sp³-hybridized carbons (Fsp3) is 0.421. The number of guanidine groups is 1. The molecule has 1 aliphatic rings. The Balaban J connectivity index is 1.54. The molecule has 1 heterocycles. The number of benzene rings is 1. The Labute approximate surface area is 148 Å². The number of para-hydroxylation sites is 1. The lowest BCUT2D eigenvalue weighted by atomic mass is 10.2. The zero-order valence-electron chi connectivity index (χ0n) is 14.1. The molecule has 2 N–H and O–H groups in total. The third kappa shape index (κ3) is 4.74. The SMILES string of the molecule is CN=C(NCc1cccs1)NCc1ccccc1OC1CCCC1. The summed E-state index contributed by atoms with van der Waals surface area (Å²) < 4.78 is 6.19. The maximum atomic E-state index is 6.19. The van der Waals surface area contributed by atoms with Gasteiger partial charge >= 0.3 is 0 Å². The van der Waals surface area contributed by atoms with Crippen LogP contribution in [0.5, 0.6) is 5.75 Å². The van der Waals surface area contributed by atoms with E-state index in [2.05, 4.69) is 51.3 Å². The molecular formula is C19H25N3OS. The summed E-state index contributed by atoms with van der Waals surface area (Å²) in [5.74, 6) is 1.80. The van der Waals surface area contributed by atoms with Crippen molar-refractivity contribution in [3.63, 3.8) is 0 Å². The number of aliphatic imine (C=N–C) groups is 1. The van der Waals surface area contributed by atoms with E-state index in [1.165, 1.54) is 36.1 Å². The van der Waals surface area contributed by atoms with Crippen LogP contribution in [0.15, 0.2) is 46.8 Å². The van der Waals surface area contributed by atoms with Gasteiger partial charge in [-0.05, 0) is 43.2 Å². The van der Waals surface area contributed by atoms with Crippen molar-refractivity contribution in [2.75, 3.05) is 7.05 Å². The fourth-order valence-corrected chi connectivity index (χ4v) is 3.58. The Bertz CT molecular complexity index is 648. The zero-order chi connectivity index (χ0) is 16.6. The third-order valence-electron chi connectivity index (χ3n) is 4.25. The molecule has 0 saturated heterocycles. The van der Waals surface area contributed by atoms with Crippen molar-refractivity contribution in [2.45, 2.75) is 44.9 Å². The van der Waals surface area contributed by atoms with E-state index in [9.17, 15) is 0 Å². The highest BCUT2D eigenvalue weighted by atomic mass is 32.1. The molecule has 1 aliphatic carbocycles. The van der Waals surface area contributed by atoms with E-state index < -0.39 is 0 Å². The Morgan fingerprint density at radius 1 is 1.12 bits per heavy atom. The van der Waals surface area contributed by atoms with Crippen LogP contribution in [-0.4, -0.2) is 19.1 Å². The van der Waals surface area contributed by atoms with Crippen LogP contribution in [0, 0.1) is 0 Å². The van der Waals surface area contributed by atoms with Crippen LogP contribution in [0.1, 0.15) is 36.1 Å². The molecule has 0 bridgehead atoms. The van der Waals surface area contributed by atoms with Crippen molar-refractivity contribution in [2.24, 2.45) is 4.99 Å². The molecule has 1 aromatic carbocycles. The lowest BCUT2D eigenvalue weighted by Crippen LogP contribution is -2.36. The van der Waals surface area contributed by atoms with Crippen LogP contribution < -0.4 is 15.4 Å². The van der Waals surface area contributed by atoms with Gasteiger partial charge in [-0.3, -0.25) is 4.99 Å². The van der Waals surface area contributed by atoms with Crippen LogP contribution in [0.4, 0.5) is 0 Å². The predicted octanol–water partition coefficient (Wildman–Crippen LogP) is 3.93. The maximum Gasteiger partial charge on any atom is 0.191 e. The largest absolute Gasteiger partial charge is 0.490 e. The van der Waals surface area contributed by atoms with Gasteiger partial charge in [0.15, 0.2) is 5.96 Å². The smallest absolute Gasteiger partial charge is 0.191 e. The molecule has 0 spiro atoms. The van der Waals surface area contributed by atoms with E-state index in [4.69, 9.17) is 4.74 Å². The minimum atomic E-state index is 0.377. The number of rotatable bonds is 6. The molecule has 2 aromatic rings. The quantitative estimate of drug-likeness (QED) is 0.617. The minimum absolute atomic E-state index is 0.377. The molecule has 0 unspecified atom stereocenters. The van der Waals surface area contributed by atoms with E-state index in [1.807, 2.05) is 6.07 Å². The second-order valence-electron chi connectivity index (χ2n) is 5.99. The van der Waals surface area contributed by atoms with Crippen molar-refractivity contribution in [1.29, 1.82) is 0 Å². The van der Waals surface area contributed by atoms with Gasteiger partial charge in [-0.1, -0.05) is 24.3 Å². The summed E-state index contributed by atoms with van der Waals surface area (Å²) in [5.41, 5.74) is 1.17. The summed E-state index contributed by atoms with van der Waals surface area (Å²) in [5, 5.41) is 8.81. The van der Waals surface area contributed by atoms with E-state index in [-0.39, 0.29) is 0 Å². The lowest BCUT2D eigenvalue weighted by molar-refractivity contribution is 0.208. The van der Waals surface area contributed by atoms with Gasteiger partial charge in [-0.25, -0.2) is 0 Å².